The number of rotatable bonds is 6. The average molecular weight is 330 g/mol. The topological polar surface area (TPSA) is 79.3 Å². The molecule has 0 atom stereocenters. The molecule has 0 bridgehead atoms. The predicted molar refractivity (Wildman–Crippen MR) is 88.3 cm³/mol. The fourth-order valence-corrected chi connectivity index (χ4v) is 3.37. The lowest BCUT2D eigenvalue weighted by atomic mass is 10.0. The molecule has 0 aliphatic heterocycles. The first-order valence-electron chi connectivity index (χ1n) is 7.60. The van der Waals surface area contributed by atoms with Crippen LogP contribution >= 0.6 is 11.3 Å². The Bertz CT molecular complexity index is 750. The van der Waals surface area contributed by atoms with Gasteiger partial charge in [-0.1, -0.05) is 25.1 Å². The zero-order chi connectivity index (χ0) is 16.4. The Labute approximate surface area is 138 Å². The minimum absolute atomic E-state index is 0.0577. The van der Waals surface area contributed by atoms with Crippen molar-refractivity contribution in [3.8, 4) is 10.6 Å². The molecule has 3 rings (SSSR count). The van der Waals surface area contributed by atoms with E-state index in [2.05, 4.69) is 17.2 Å². The van der Waals surface area contributed by atoms with E-state index in [1.807, 2.05) is 24.3 Å². The minimum atomic E-state index is -1.02. The van der Waals surface area contributed by atoms with Gasteiger partial charge in [0, 0.05) is 22.9 Å². The summed E-state index contributed by atoms with van der Waals surface area (Å²) < 4.78 is 0. The van der Waals surface area contributed by atoms with Crippen molar-refractivity contribution in [3.63, 3.8) is 0 Å². The zero-order valence-electron chi connectivity index (χ0n) is 12.8. The van der Waals surface area contributed by atoms with Gasteiger partial charge >= 0.3 is 5.97 Å². The standard InChI is InChI=1S/C17H18N2O3S/c1-2-17(6-7-17)16(22)18-9-11-4-3-5-12(8-11)14-19-13(10-23-14)15(20)21/h3-5,8,10H,2,6-7,9H2,1H3,(H,18,22)(H,20,21). The first kappa shape index (κ1) is 15.7. The molecule has 1 aliphatic rings. The monoisotopic (exact) mass is 330 g/mol. The molecule has 1 aromatic heterocycles. The Morgan fingerprint density at radius 1 is 1.39 bits per heavy atom. The van der Waals surface area contributed by atoms with E-state index in [4.69, 9.17) is 5.11 Å². The molecule has 1 saturated carbocycles. The molecule has 2 aromatic rings. The Morgan fingerprint density at radius 2 is 2.17 bits per heavy atom. The SMILES string of the molecule is CCC1(C(=O)NCc2cccc(-c3nc(C(=O)O)cs3)c2)CC1. The van der Waals surface area contributed by atoms with Gasteiger partial charge in [-0.15, -0.1) is 11.3 Å². The van der Waals surface area contributed by atoms with Crippen LogP contribution in [0.25, 0.3) is 10.6 Å². The van der Waals surface area contributed by atoms with Gasteiger partial charge in [0.25, 0.3) is 0 Å². The molecule has 0 unspecified atom stereocenters. The van der Waals surface area contributed by atoms with Crippen molar-refractivity contribution in [1.29, 1.82) is 0 Å². The highest BCUT2D eigenvalue weighted by Crippen LogP contribution is 2.48. The fraction of sp³-hybridized carbons (Fsp3) is 0.353. The number of nitrogens with one attached hydrogen (secondary N) is 1. The highest BCUT2D eigenvalue weighted by molar-refractivity contribution is 7.13. The van der Waals surface area contributed by atoms with Crippen LogP contribution in [0.5, 0.6) is 0 Å². The molecular formula is C17H18N2O3S. The van der Waals surface area contributed by atoms with E-state index in [-0.39, 0.29) is 17.0 Å². The van der Waals surface area contributed by atoms with Crippen molar-refractivity contribution in [2.45, 2.75) is 32.7 Å². The van der Waals surface area contributed by atoms with E-state index in [0.29, 0.717) is 11.6 Å². The van der Waals surface area contributed by atoms with Crippen LogP contribution in [0.4, 0.5) is 0 Å². The van der Waals surface area contributed by atoms with Gasteiger partial charge < -0.3 is 10.4 Å². The summed E-state index contributed by atoms with van der Waals surface area (Å²) in [7, 11) is 0. The third-order valence-electron chi connectivity index (χ3n) is 4.36. The van der Waals surface area contributed by atoms with Crippen LogP contribution in [-0.2, 0) is 11.3 Å². The van der Waals surface area contributed by atoms with Crippen molar-refractivity contribution < 1.29 is 14.7 Å². The van der Waals surface area contributed by atoms with Crippen LogP contribution in [0.15, 0.2) is 29.6 Å². The molecule has 6 heteroatoms. The van der Waals surface area contributed by atoms with E-state index >= 15 is 0 Å². The number of hydrogen-bond acceptors (Lipinski definition) is 4. The smallest absolute Gasteiger partial charge is 0.355 e. The lowest BCUT2D eigenvalue weighted by Gasteiger charge is -2.13. The Balaban J connectivity index is 1.69. The highest BCUT2D eigenvalue weighted by Gasteiger charge is 2.47. The molecule has 1 heterocycles. The molecule has 1 fully saturated rings. The molecular weight excluding hydrogens is 312 g/mol. The summed E-state index contributed by atoms with van der Waals surface area (Å²) in [5.74, 6) is -0.891. The van der Waals surface area contributed by atoms with Crippen LogP contribution < -0.4 is 5.32 Å². The third kappa shape index (κ3) is 3.27. The van der Waals surface area contributed by atoms with E-state index in [1.54, 1.807) is 0 Å². The Kier molecular flexibility index (Phi) is 4.17. The van der Waals surface area contributed by atoms with Crippen molar-refractivity contribution in [2.24, 2.45) is 5.41 Å². The third-order valence-corrected chi connectivity index (χ3v) is 5.25. The van der Waals surface area contributed by atoms with E-state index < -0.39 is 5.97 Å². The second-order valence-electron chi connectivity index (χ2n) is 5.86. The number of amides is 1. The Morgan fingerprint density at radius 3 is 2.78 bits per heavy atom. The summed E-state index contributed by atoms with van der Waals surface area (Å²) in [5.41, 5.74) is 1.77. The summed E-state index contributed by atoms with van der Waals surface area (Å²) >= 11 is 1.30. The zero-order valence-corrected chi connectivity index (χ0v) is 13.7. The van der Waals surface area contributed by atoms with E-state index in [0.717, 1.165) is 30.4 Å². The number of aromatic carboxylic acids is 1. The number of thiazole rings is 1. The molecule has 1 aliphatic carbocycles. The number of benzene rings is 1. The molecule has 1 aromatic carbocycles. The maximum Gasteiger partial charge on any atom is 0.355 e. The Hall–Kier alpha value is -2.21. The number of carboxylic acids is 1. The first-order valence-corrected chi connectivity index (χ1v) is 8.48. The molecule has 2 N–H and O–H groups in total. The van der Waals surface area contributed by atoms with E-state index in [1.165, 1.54) is 16.7 Å². The van der Waals surface area contributed by atoms with Crippen molar-refractivity contribution in [2.75, 3.05) is 0 Å². The number of carbonyl (C=O) groups excluding carboxylic acids is 1. The lowest BCUT2D eigenvalue weighted by molar-refractivity contribution is -0.126. The fourth-order valence-electron chi connectivity index (χ4n) is 2.58. The number of aromatic nitrogens is 1. The van der Waals surface area contributed by atoms with Crippen molar-refractivity contribution >= 4 is 23.2 Å². The summed E-state index contributed by atoms with van der Waals surface area (Å²) in [6.07, 6.45) is 2.84. The number of hydrogen-bond donors (Lipinski definition) is 2. The molecule has 0 spiro atoms. The van der Waals surface area contributed by atoms with Gasteiger partial charge in [0.15, 0.2) is 5.69 Å². The molecule has 0 radical (unpaired) electrons. The quantitative estimate of drug-likeness (QED) is 0.851. The van der Waals surface area contributed by atoms with Crippen molar-refractivity contribution in [1.82, 2.24) is 10.3 Å². The summed E-state index contributed by atoms with van der Waals surface area (Å²) in [4.78, 5) is 27.2. The van der Waals surface area contributed by atoms with Gasteiger partial charge in [0.1, 0.15) is 5.01 Å². The highest BCUT2D eigenvalue weighted by atomic mass is 32.1. The first-order chi connectivity index (χ1) is 11.0. The van der Waals surface area contributed by atoms with Gasteiger partial charge in [-0.2, -0.15) is 0 Å². The van der Waals surface area contributed by atoms with E-state index in [9.17, 15) is 9.59 Å². The molecule has 0 saturated heterocycles. The van der Waals surface area contributed by atoms with Gasteiger partial charge in [0.2, 0.25) is 5.91 Å². The van der Waals surface area contributed by atoms with Gasteiger partial charge in [0.05, 0.1) is 0 Å². The second-order valence-corrected chi connectivity index (χ2v) is 6.72. The number of carbonyl (C=O) groups is 2. The maximum atomic E-state index is 12.2. The van der Waals surface area contributed by atoms with Crippen LogP contribution in [0, 0.1) is 5.41 Å². The molecule has 120 valence electrons. The number of carboxylic acid groups (broad SMARTS) is 1. The normalized spacial score (nSPS) is 15.2. The van der Waals surface area contributed by atoms with Crippen LogP contribution in [0.2, 0.25) is 0 Å². The summed E-state index contributed by atoms with van der Waals surface area (Å²) in [5, 5.41) is 14.2. The maximum absolute atomic E-state index is 12.2. The minimum Gasteiger partial charge on any atom is -0.476 e. The van der Waals surface area contributed by atoms with Crippen LogP contribution in [0.1, 0.15) is 42.2 Å². The average Bonchev–Trinajstić information content (AvgIpc) is 3.20. The predicted octanol–water partition coefficient (Wildman–Crippen LogP) is 3.31. The van der Waals surface area contributed by atoms with Gasteiger partial charge in [-0.25, -0.2) is 9.78 Å². The van der Waals surface area contributed by atoms with Crippen LogP contribution in [0.3, 0.4) is 0 Å². The molecule has 1 amide bonds. The molecule has 23 heavy (non-hydrogen) atoms. The summed E-state index contributed by atoms with van der Waals surface area (Å²) in [6, 6.07) is 7.67. The van der Waals surface area contributed by atoms with Gasteiger partial charge in [-0.3, -0.25) is 4.79 Å². The largest absolute Gasteiger partial charge is 0.476 e. The van der Waals surface area contributed by atoms with Crippen LogP contribution in [-0.4, -0.2) is 22.0 Å². The lowest BCUT2D eigenvalue weighted by Crippen LogP contribution is -2.31. The summed E-state index contributed by atoms with van der Waals surface area (Å²) in [6.45, 7) is 2.53. The number of nitrogens with zero attached hydrogens (tertiary/aromatic N) is 1. The van der Waals surface area contributed by atoms with Gasteiger partial charge in [-0.05, 0) is 30.9 Å². The van der Waals surface area contributed by atoms with Crippen molar-refractivity contribution in [3.05, 3.63) is 40.9 Å². The second kappa shape index (κ2) is 6.12. The molecule has 5 nitrogen and oxygen atoms in total.